The summed E-state index contributed by atoms with van der Waals surface area (Å²) in [6.07, 6.45) is 5.91. The molecule has 8 nitrogen and oxygen atoms in total. The minimum Gasteiger partial charge on any atom is -0.340 e. The van der Waals surface area contributed by atoms with Gasteiger partial charge in [0.1, 0.15) is 6.54 Å². The molecule has 1 aliphatic rings. The predicted molar refractivity (Wildman–Crippen MR) is 118 cm³/mol. The topological polar surface area (TPSA) is 93.0 Å². The number of likely N-dealkylation sites (tertiary alicyclic amines) is 1. The van der Waals surface area contributed by atoms with E-state index in [4.69, 9.17) is 4.98 Å². The molecule has 4 aromatic rings. The number of para-hydroxylation sites is 1. The van der Waals surface area contributed by atoms with Crippen molar-refractivity contribution in [2.24, 2.45) is 0 Å². The molecule has 31 heavy (non-hydrogen) atoms. The second-order valence-electron chi connectivity index (χ2n) is 7.43. The average Bonchev–Trinajstić information content (AvgIpc) is 3.55. The van der Waals surface area contributed by atoms with Crippen LogP contribution in [0.1, 0.15) is 28.4 Å². The van der Waals surface area contributed by atoms with Crippen LogP contribution in [0.25, 0.3) is 10.9 Å². The van der Waals surface area contributed by atoms with Crippen LogP contribution in [0.5, 0.6) is 0 Å². The number of nitrogens with zero attached hydrogens (tertiary/aromatic N) is 5. The van der Waals surface area contributed by atoms with Crippen molar-refractivity contribution >= 4 is 39.2 Å². The Kier molecular flexibility index (Phi) is 5.17. The van der Waals surface area contributed by atoms with Gasteiger partial charge in [0.2, 0.25) is 5.91 Å². The summed E-state index contributed by atoms with van der Waals surface area (Å²) in [5, 5.41) is 10.1. The average molecular weight is 433 g/mol. The van der Waals surface area contributed by atoms with Crippen molar-refractivity contribution in [1.82, 2.24) is 24.6 Å². The van der Waals surface area contributed by atoms with Crippen LogP contribution in [-0.4, -0.2) is 49.6 Å². The van der Waals surface area contributed by atoms with E-state index >= 15 is 0 Å². The number of rotatable bonds is 5. The number of carbonyl (C=O) groups excluding carboxylic acids is 2. The Labute approximate surface area is 182 Å². The van der Waals surface area contributed by atoms with E-state index in [0.29, 0.717) is 23.8 Å². The van der Waals surface area contributed by atoms with Crippen LogP contribution < -0.4 is 5.32 Å². The first kappa shape index (κ1) is 19.4. The van der Waals surface area contributed by atoms with Gasteiger partial charge < -0.3 is 4.90 Å². The summed E-state index contributed by atoms with van der Waals surface area (Å²) in [7, 11) is 0. The van der Waals surface area contributed by atoms with Crippen molar-refractivity contribution in [2.75, 3.05) is 18.4 Å². The van der Waals surface area contributed by atoms with Gasteiger partial charge in [-0.3, -0.25) is 24.6 Å². The van der Waals surface area contributed by atoms with Gasteiger partial charge in [0, 0.05) is 54.1 Å². The van der Waals surface area contributed by atoms with E-state index in [1.54, 1.807) is 29.3 Å². The second kappa shape index (κ2) is 8.27. The largest absolute Gasteiger partial charge is 0.340 e. The molecule has 0 spiro atoms. The maximum Gasteiger partial charge on any atom is 0.258 e. The lowest BCUT2D eigenvalue weighted by molar-refractivity contribution is -0.131. The van der Waals surface area contributed by atoms with E-state index < -0.39 is 0 Å². The van der Waals surface area contributed by atoms with Gasteiger partial charge in [-0.1, -0.05) is 18.2 Å². The molecule has 0 radical (unpaired) electrons. The summed E-state index contributed by atoms with van der Waals surface area (Å²) < 4.78 is 1.63. The van der Waals surface area contributed by atoms with Gasteiger partial charge in [0.15, 0.2) is 5.13 Å². The summed E-state index contributed by atoms with van der Waals surface area (Å²) in [5.74, 6) is -0.0919. The third-order valence-corrected chi connectivity index (χ3v) is 6.14. The van der Waals surface area contributed by atoms with Gasteiger partial charge in [-0.25, -0.2) is 4.98 Å². The molecule has 0 unspecified atom stereocenters. The van der Waals surface area contributed by atoms with E-state index in [1.807, 2.05) is 40.6 Å². The number of amides is 2. The predicted octanol–water partition coefficient (Wildman–Crippen LogP) is 3.16. The fourth-order valence-corrected chi connectivity index (χ4v) is 4.43. The number of hydrogen-bond acceptors (Lipinski definition) is 6. The number of nitrogens with one attached hydrogen (secondary N) is 1. The number of benzene rings is 1. The lowest BCUT2D eigenvalue weighted by atomic mass is 9.99. The summed E-state index contributed by atoms with van der Waals surface area (Å²) in [6.45, 7) is 1.48. The first-order chi connectivity index (χ1) is 15.2. The Morgan fingerprint density at radius 2 is 2.10 bits per heavy atom. The van der Waals surface area contributed by atoms with Crippen molar-refractivity contribution in [1.29, 1.82) is 0 Å². The van der Waals surface area contributed by atoms with E-state index in [-0.39, 0.29) is 24.3 Å². The molecule has 1 aromatic carbocycles. The van der Waals surface area contributed by atoms with Crippen LogP contribution in [0.3, 0.4) is 0 Å². The van der Waals surface area contributed by atoms with E-state index in [1.165, 1.54) is 11.3 Å². The van der Waals surface area contributed by atoms with Crippen molar-refractivity contribution in [3.05, 3.63) is 71.6 Å². The quantitative estimate of drug-likeness (QED) is 0.523. The smallest absolute Gasteiger partial charge is 0.258 e. The normalized spacial score (nSPS) is 16.0. The molecule has 1 aliphatic heterocycles. The molecule has 1 N–H and O–H groups in total. The number of thiazole rings is 1. The highest BCUT2D eigenvalue weighted by Gasteiger charge is 2.29. The fourth-order valence-electron chi connectivity index (χ4n) is 3.90. The summed E-state index contributed by atoms with van der Waals surface area (Å²) >= 11 is 1.38. The summed E-state index contributed by atoms with van der Waals surface area (Å²) in [5.41, 5.74) is 2.17. The fraction of sp³-hybridized carbons (Fsp3) is 0.227. The SMILES string of the molecule is O=C(Nc1nccs1)c1cc([C@H]2CCN(C(=O)Cn3cccn3)C2)nc2ccccc12. The van der Waals surface area contributed by atoms with Crippen molar-refractivity contribution < 1.29 is 9.59 Å². The first-order valence-electron chi connectivity index (χ1n) is 10.0. The zero-order chi connectivity index (χ0) is 21.2. The molecular weight excluding hydrogens is 412 g/mol. The first-order valence-corrected chi connectivity index (χ1v) is 10.9. The lowest BCUT2D eigenvalue weighted by Gasteiger charge is -2.17. The Balaban J connectivity index is 1.40. The molecule has 3 aromatic heterocycles. The van der Waals surface area contributed by atoms with Gasteiger partial charge in [-0.2, -0.15) is 5.10 Å². The highest BCUT2D eigenvalue weighted by molar-refractivity contribution is 7.13. The monoisotopic (exact) mass is 432 g/mol. The zero-order valence-corrected chi connectivity index (χ0v) is 17.5. The molecule has 0 saturated carbocycles. The molecule has 0 aliphatic carbocycles. The molecule has 4 heterocycles. The highest BCUT2D eigenvalue weighted by atomic mass is 32.1. The van der Waals surface area contributed by atoms with Crippen molar-refractivity contribution in [2.45, 2.75) is 18.9 Å². The minimum absolute atomic E-state index is 0.0359. The number of anilines is 1. The van der Waals surface area contributed by atoms with Gasteiger partial charge in [-0.05, 0) is 24.6 Å². The molecule has 2 amide bonds. The minimum atomic E-state index is -0.209. The second-order valence-corrected chi connectivity index (χ2v) is 8.33. The van der Waals surface area contributed by atoms with Crippen LogP contribution in [-0.2, 0) is 11.3 Å². The third kappa shape index (κ3) is 4.04. The molecule has 1 atom stereocenters. The molecule has 1 fully saturated rings. The Bertz CT molecular complexity index is 1220. The van der Waals surface area contributed by atoms with Gasteiger partial charge in [0.05, 0.1) is 11.1 Å². The Hall–Kier alpha value is -3.59. The van der Waals surface area contributed by atoms with Gasteiger partial charge in [0.25, 0.3) is 5.91 Å². The van der Waals surface area contributed by atoms with Crippen LogP contribution in [0.4, 0.5) is 5.13 Å². The Morgan fingerprint density at radius 1 is 1.19 bits per heavy atom. The number of hydrogen-bond donors (Lipinski definition) is 1. The molecule has 156 valence electrons. The van der Waals surface area contributed by atoms with Crippen LogP contribution in [0.2, 0.25) is 0 Å². The molecule has 0 bridgehead atoms. The maximum atomic E-state index is 13.0. The third-order valence-electron chi connectivity index (χ3n) is 5.45. The van der Waals surface area contributed by atoms with E-state index in [2.05, 4.69) is 15.4 Å². The standard InChI is InChI=1S/C22H20N6O2S/c29-20(14-28-9-3-7-24-28)27-10-6-15(13-27)19-12-17(16-4-1-2-5-18(16)25-19)21(30)26-22-23-8-11-31-22/h1-5,7-9,11-12,15H,6,10,13-14H2,(H,23,26,30)/t15-/m0/s1. The lowest BCUT2D eigenvalue weighted by Crippen LogP contribution is -2.32. The van der Waals surface area contributed by atoms with Crippen LogP contribution >= 0.6 is 11.3 Å². The number of carbonyl (C=O) groups is 2. The number of fused-ring (bicyclic) bond motifs is 1. The van der Waals surface area contributed by atoms with Crippen molar-refractivity contribution in [3.63, 3.8) is 0 Å². The van der Waals surface area contributed by atoms with E-state index in [0.717, 1.165) is 23.0 Å². The Morgan fingerprint density at radius 3 is 2.90 bits per heavy atom. The molecule has 9 heteroatoms. The van der Waals surface area contributed by atoms with Crippen LogP contribution in [0, 0.1) is 0 Å². The summed E-state index contributed by atoms with van der Waals surface area (Å²) in [6, 6.07) is 11.3. The molecular formula is C22H20N6O2S. The molecule has 5 rings (SSSR count). The maximum absolute atomic E-state index is 13.0. The summed E-state index contributed by atoms with van der Waals surface area (Å²) in [4.78, 5) is 36.4. The zero-order valence-electron chi connectivity index (χ0n) is 16.6. The highest BCUT2D eigenvalue weighted by Crippen LogP contribution is 2.30. The van der Waals surface area contributed by atoms with Crippen LogP contribution in [0.15, 0.2) is 60.4 Å². The molecule has 1 saturated heterocycles. The van der Waals surface area contributed by atoms with E-state index in [9.17, 15) is 9.59 Å². The van der Waals surface area contributed by atoms with Crippen molar-refractivity contribution in [3.8, 4) is 0 Å². The number of aromatic nitrogens is 4. The van der Waals surface area contributed by atoms with Gasteiger partial charge >= 0.3 is 0 Å². The number of pyridine rings is 1. The van der Waals surface area contributed by atoms with Gasteiger partial charge in [-0.15, -0.1) is 11.3 Å².